The lowest BCUT2D eigenvalue weighted by Gasteiger charge is -2.11. The normalized spacial score (nSPS) is 13.7. The van der Waals surface area contributed by atoms with Gasteiger partial charge in [0.25, 0.3) is 0 Å². The maximum absolute atomic E-state index is 12.0. The van der Waals surface area contributed by atoms with E-state index in [0.29, 0.717) is 10.6 Å². The van der Waals surface area contributed by atoms with Crippen molar-refractivity contribution >= 4 is 37.3 Å². The molecule has 0 aromatic carbocycles. The Hall–Kier alpha value is -0.630. The summed E-state index contributed by atoms with van der Waals surface area (Å²) in [5, 5.41) is 0. The van der Waals surface area contributed by atoms with E-state index in [-0.39, 0.29) is 6.04 Å². The standard InChI is InChI=1S/C11H12BrNO3S2/c1-8(7-9-3-2-6-16-9)13-18(14,15)11-5-4-10(12)17-11/h2-6,8,13H,7H2,1H3/t8-/m0/s1. The van der Waals surface area contributed by atoms with Crippen molar-refractivity contribution in [3.63, 3.8) is 0 Å². The molecule has 1 atom stereocenters. The number of nitrogens with one attached hydrogen (secondary N) is 1. The lowest BCUT2D eigenvalue weighted by atomic mass is 10.2. The van der Waals surface area contributed by atoms with E-state index in [4.69, 9.17) is 4.42 Å². The minimum Gasteiger partial charge on any atom is -0.469 e. The summed E-state index contributed by atoms with van der Waals surface area (Å²) < 4.78 is 33.0. The highest BCUT2D eigenvalue weighted by atomic mass is 79.9. The van der Waals surface area contributed by atoms with Crippen molar-refractivity contribution in [1.82, 2.24) is 4.72 Å². The molecular formula is C11H12BrNO3S2. The number of furan rings is 1. The van der Waals surface area contributed by atoms with Gasteiger partial charge in [0.05, 0.1) is 10.0 Å². The van der Waals surface area contributed by atoms with Gasteiger partial charge in [0.15, 0.2) is 0 Å². The Kier molecular flexibility index (Phi) is 4.26. The number of sulfonamides is 1. The Bertz CT molecular complexity index is 604. The maximum Gasteiger partial charge on any atom is 0.250 e. The first-order valence-corrected chi connectivity index (χ1v) is 8.37. The summed E-state index contributed by atoms with van der Waals surface area (Å²) in [5.41, 5.74) is 0. The van der Waals surface area contributed by atoms with Gasteiger partial charge in [-0.05, 0) is 47.1 Å². The molecule has 0 aliphatic carbocycles. The van der Waals surface area contributed by atoms with Crippen LogP contribution in [0, 0.1) is 0 Å². The van der Waals surface area contributed by atoms with Gasteiger partial charge in [-0.25, -0.2) is 13.1 Å². The van der Waals surface area contributed by atoms with Gasteiger partial charge in [-0.2, -0.15) is 0 Å². The van der Waals surface area contributed by atoms with Gasteiger partial charge in [0.1, 0.15) is 9.97 Å². The van der Waals surface area contributed by atoms with Crippen LogP contribution in [0.5, 0.6) is 0 Å². The van der Waals surface area contributed by atoms with Crippen molar-refractivity contribution in [2.45, 2.75) is 23.6 Å². The molecule has 2 aromatic rings. The summed E-state index contributed by atoms with van der Waals surface area (Å²) in [6, 6.07) is 6.69. The van der Waals surface area contributed by atoms with E-state index in [9.17, 15) is 8.42 Å². The highest BCUT2D eigenvalue weighted by molar-refractivity contribution is 9.11. The van der Waals surface area contributed by atoms with Gasteiger partial charge in [-0.15, -0.1) is 11.3 Å². The average Bonchev–Trinajstić information content (AvgIpc) is 2.88. The lowest BCUT2D eigenvalue weighted by molar-refractivity contribution is 0.479. The molecule has 0 spiro atoms. The van der Waals surface area contributed by atoms with Gasteiger partial charge >= 0.3 is 0 Å². The van der Waals surface area contributed by atoms with Crippen LogP contribution in [-0.4, -0.2) is 14.5 Å². The van der Waals surface area contributed by atoms with Crippen LogP contribution in [-0.2, 0) is 16.4 Å². The number of halogens is 1. The Morgan fingerprint density at radius 2 is 2.22 bits per heavy atom. The van der Waals surface area contributed by atoms with Crippen LogP contribution in [0.3, 0.4) is 0 Å². The van der Waals surface area contributed by atoms with Gasteiger partial charge in [0.2, 0.25) is 10.0 Å². The van der Waals surface area contributed by atoms with Gasteiger partial charge in [-0.3, -0.25) is 0 Å². The van der Waals surface area contributed by atoms with E-state index >= 15 is 0 Å². The molecule has 1 N–H and O–H groups in total. The van der Waals surface area contributed by atoms with Crippen LogP contribution in [0.1, 0.15) is 12.7 Å². The van der Waals surface area contributed by atoms with Crippen molar-refractivity contribution < 1.29 is 12.8 Å². The number of thiophene rings is 1. The summed E-state index contributed by atoms with van der Waals surface area (Å²) in [5.74, 6) is 0.762. The molecule has 0 bridgehead atoms. The van der Waals surface area contributed by atoms with E-state index in [2.05, 4.69) is 20.7 Å². The molecule has 0 aliphatic heterocycles. The molecule has 7 heteroatoms. The summed E-state index contributed by atoms with van der Waals surface area (Å²) in [7, 11) is -3.45. The zero-order valence-corrected chi connectivity index (χ0v) is 12.8. The second kappa shape index (κ2) is 5.56. The summed E-state index contributed by atoms with van der Waals surface area (Å²) in [4.78, 5) is 0. The molecule has 0 radical (unpaired) electrons. The van der Waals surface area contributed by atoms with Gasteiger partial charge < -0.3 is 4.42 Å². The van der Waals surface area contributed by atoms with E-state index in [1.165, 1.54) is 11.3 Å². The lowest BCUT2D eigenvalue weighted by Crippen LogP contribution is -2.33. The first kappa shape index (κ1) is 13.8. The largest absolute Gasteiger partial charge is 0.469 e. The van der Waals surface area contributed by atoms with Crippen molar-refractivity contribution in [3.05, 3.63) is 40.1 Å². The maximum atomic E-state index is 12.0. The van der Waals surface area contributed by atoms with Crippen LogP contribution in [0.2, 0.25) is 0 Å². The molecule has 18 heavy (non-hydrogen) atoms. The molecule has 2 rings (SSSR count). The molecule has 2 aromatic heterocycles. The SMILES string of the molecule is C[C@@H](Cc1ccco1)NS(=O)(=O)c1ccc(Br)s1. The van der Waals surface area contributed by atoms with Crippen LogP contribution in [0.4, 0.5) is 0 Å². The molecular weight excluding hydrogens is 338 g/mol. The fourth-order valence-electron chi connectivity index (χ4n) is 1.54. The van der Waals surface area contributed by atoms with Crippen LogP contribution >= 0.6 is 27.3 Å². The van der Waals surface area contributed by atoms with E-state index in [1.54, 1.807) is 24.5 Å². The topological polar surface area (TPSA) is 59.3 Å². The smallest absolute Gasteiger partial charge is 0.250 e. The average molecular weight is 350 g/mol. The Balaban J connectivity index is 2.04. The van der Waals surface area contributed by atoms with Crippen LogP contribution in [0.25, 0.3) is 0 Å². The Labute approximate surface area is 118 Å². The van der Waals surface area contributed by atoms with E-state index in [0.717, 1.165) is 9.55 Å². The Morgan fingerprint density at radius 1 is 1.44 bits per heavy atom. The minimum absolute atomic E-state index is 0.220. The van der Waals surface area contributed by atoms with Crippen molar-refractivity contribution in [3.8, 4) is 0 Å². The van der Waals surface area contributed by atoms with Gasteiger partial charge in [0, 0.05) is 12.5 Å². The Morgan fingerprint density at radius 3 is 2.78 bits per heavy atom. The third kappa shape index (κ3) is 3.44. The van der Waals surface area contributed by atoms with Crippen molar-refractivity contribution in [2.24, 2.45) is 0 Å². The molecule has 0 fully saturated rings. The second-order valence-corrected chi connectivity index (χ2v) is 8.27. The first-order chi connectivity index (χ1) is 8.47. The molecule has 98 valence electrons. The number of hydrogen-bond donors (Lipinski definition) is 1. The third-order valence-corrected chi connectivity index (χ3v) is 5.96. The fourth-order valence-corrected chi connectivity index (χ4v) is 4.81. The summed E-state index contributed by atoms with van der Waals surface area (Å²) >= 11 is 4.44. The molecule has 4 nitrogen and oxygen atoms in total. The predicted molar refractivity (Wildman–Crippen MR) is 74.2 cm³/mol. The molecule has 0 amide bonds. The summed E-state index contributed by atoms with van der Waals surface area (Å²) in [6.07, 6.45) is 2.10. The number of rotatable bonds is 5. The second-order valence-electron chi connectivity index (χ2n) is 3.86. The van der Waals surface area contributed by atoms with E-state index in [1.807, 2.05) is 13.0 Å². The van der Waals surface area contributed by atoms with Crippen LogP contribution < -0.4 is 4.72 Å². The zero-order chi connectivity index (χ0) is 13.2. The fraction of sp³-hybridized carbons (Fsp3) is 0.273. The van der Waals surface area contributed by atoms with Crippen molar-refractivity contribution in [1.29, 1.82) is 0 Å². The zero-order valence-electron chi connectivity index (χ0n) is 9.59. The van der Waals surface area contributed by atoms with Crippen molar-refractivity contribution in [2.75, 3.05) is 0 Å². The van der Waals surface area contributed by atoms with Gasteiger partial charge in [-0.1, -0.05) is 0 Å². The molecule has 0 saturated carbocycles. The molecule has 0 saturated heterocycles. The van der Waals surface area contributed by atoms with E-state index < -0.39 is 10.0 Å². The minimum atomic E-state index is -3.45. The molecule has 0 aliphatic rings. The van der Waals surface area contributed by atoms with Crippen LogP contribution in [0.15, 0.2) is 42.9 Å². The number of hydrogen-bond acceptors (Lipinski definition) is 4. The monoisotopic (exact) mass is 349 g/mol. The first-order valence-electron chi connectivity index (χ1n) is 5.27. The third-order valence-electron chi connectivity index (χ3n) is 2.26. The predicted octanol–water partition coefficient (Wildman–Crippen LogP) is 3.01. The highest BCUT2D eigenvalue weighted by Crippen LogP contribution is 2.26. The summed E-state index contributed by atoms with van der Waals surface area (Å²) in [6.45, 7) is 1.81. The highest BCUT2D eigenvalue weighted by Gasteiger charge is 2.19. The molecule has 0 unspecified atom stereocenters. The molecule has 2 heterocycles. The quantitative estimate of drug-likeness (QED) is 0.902.